The molecule has 4 saturated carbocycles. The Hall–Kier alpha value is -1.36. The predicted molar refractivity (Wildman–Crippen MR) is 288 cm³/mol. The Morgan fingerprint density at radius 2 is 1.27 bits per heavy atom. The number of hydrogen-bond acceptors (Lipinski definition) is 8. The molecule has 0 amide bonds. The molecule has 402 valence electrons. The summed E-state index contributed by atoms with van der Waals surface area (Å²) >= 11 is 0. The molecule has 4 aliphatic heterocycles. The highest BCUT2D eigenvalue weighted by Crippen LogP contribution is 2.66. The number of likely N-dealkylation sites (tertiary alicyclic amines) is 1. The number of ether oxygens (including phenoxy) is 3. The van der Waals surface area contributed by atoms with Crippen LogP contribution < -0.4 is 0 Å². The highest BCUT2D eigenvalue weighted by atomic mass is 16.5. The van der Waals surface area contributed by atoms with E-state index in [1.54, 1.807) is 38.5 Å². The highest BCUT2D eigenvalue weighted by molar-refractivity contribution is 5.36. The maximum atomic E-state index is 10.8. The zero-order valence-electron chi connectivity index (χ0n) is 44.8. The normalized spacial score (nSPS) is 49.0. The van der Waals surface area contributed by atoms with E-state index in [-0.39, 0.29) is 50.4 Å². The van der Waals surface area contributed by atoms with Crippen molar-refractivity contribution < 1.29 is 29.6 Å². The SMILES string of the molecule is C.C.CC1=C2C[C@H]3[C@@H](CCC4=C[C@@H](O)CC[C@@]43C)[C@@H]2CC[C@@]2(C1)O[C@@H]1C[C@H](C)CN(O)[C@H]1[C@H]2C.CCCOCCN1C[C@@H](C)C[C@H]2O[C@]3(CC[C@@H]4C(=C(C)C3)C[C@H]3[C@H]4CC=C4C[C@@H](O)CC[C@@]43C)[C@H](C)[C@@H]21. The molecule has 0 radical (unpaired) electrons. The molecule has 12 rings (SSSR count). The van der Waals surface area contributed by atoms with E-state index in [1.165, 1.54) is 70.8 Å². The van der Waals surface area contributed by atoms with E-state index in [9.17, 15) is 15.4 Å². The minimum absolute atomic E-state index is 0. The van der Waals surface area contributed by atoms with Crippen molar-refractivity contribution in [3.8, 4) is 0 Å². The lowest BCUT2D eigenvalue weighted by atomic mass is 9.56. The summed E-state index contributed by atoms with van der Waals surface area (Å²) in [7, 11) is 0. The largest absolute Gasteiger partial charge is 0.393 e. The number of allylic oxidation sites excluding steroid dienone is 4. The monoisotopic (exact) mass is 985 g/mol. The third-order valence-electron chi connectivity index (χ3n) is 23.3. The van der Waals surface area contributed by atoms with Gasteiger partial charge in [0.25, 0.3) is 0 Å². The second kappa shape index (κ2) is 20.5. The first-order valence-electron chi connectivity index (χ1n) is 29.2. The zero-order chi connectivity index (χ0) is 48.4. The number of piperidine rings is 2. The number of aliphatic hydroxyl groups is 2. The standard InChI is InChI=1S/C33H53NO3.C28H43NO3.2CH4/c1-6-14-36-15-13-34-20-21(2)16-30-31(34)23(4)33(37-30)12-10-26-27-8-7-24-17-25(35)9-11-32(24,5)29(27)18-28(26)22(3)19-33;1-16-11-25-26(29(31)15-16)18(3)28(32-25)10-8-21-22-6-5-19-12-20(30)7-9-27(19,4)24(22)13-23(21)17(2)14-28;;/h7,21,23,25-27,29-31,35H,6,8-20H2,1-5H3;12,16,18,20-22,24-26,30-31H,5-11,13-15H2,1-4H3;2*1H4/t21-,23+,25-,26-,27-,29-,30+,31-,32-,33-;16-,18+,20-,21-,22-,24-,25+,26-,27-,28-;;/m00../s1. The Morgan fingerprint density at radius 3 is 1.93 bits per heavy atom. The summed E-state index contributed by atoms with van der Waals surface area (Å²) in [5.74, 6) is 6.67. The molecule has 71 heavy (non-hydrogen) atoms. The molecule has 8 fully saturated rings. The van der Waals surface area contributed by atoms with E-state index >= 15 is 0 Å². The fraction of sp³-hybridized carbons (Fsp3) is 0.873. The maximum absolute atomic E-state index is 10.8. The van der Waals surface area contributed by atoms with Gasteiger partial charge in [-0.2, -0.15) is 5.06 Å². The van der Waals surface area contributed by atoms with Gasteiger partial charge in [-0.1, -0.05) is 109 Å². The van der Waals surface area contributed by atoms with Crippen LogP contribution in [0, 0.1) is 70.0 Å². The molecular weight excluding hydrogens is 881 g/mol. The number of hydrogen-bond donors (Lipinski definition) is 3. The number of rotatable bonds is 5. The first kappa shape index (κ1) is 54.4. The van der Waals surface area contributed by atoms with Gasteiger partial charge in [-0.25, -0.2) is 0 Å². The van der Waals surface area contributed by atoms with Gasteiger partial charge in [0.15, 0.2) is 0 Å². The average Bonchev–Trinajstić information content (AvgIpc) is 3.98. The Kier molecular flexibility index (Phi) is 15.7. The Morgan fingerprint density at radius 1 is 0.690 bits per heavy atom. The van der Waals surface area contributed by atoms with Gasteiger partial charge in [-0.05, 0) is 194 Å². The van der Waals surface area contributed by atoms with Crippen molar-refractivity contribution in [3.05, 3.63) is 45.6 Å². The van der Waals surface area contributed by atoms with Gasteiger partial charge in [0.2, 0.25) is 0 Å². The van der Waals surface area contributed by atoms with Crippen LogP contribution in [0.25, 0.3) is 0 Å². The van der Waals surface area contributed by atoms with Crippen molar-refractivity contribution in [1.29, 1.82) is 0 Å². The molecule has 8 nitrogen and oxygen atoms in total. The molecule has 20 atom stereocenters. The highest BCUT2D eigenvalue weighted by Gasteiger charge is 2.62. The summed E-state index contributed by atoms with van der Waals surface area (Å²) in [5, 5.41) is 33.0. The third kappa shape index (κ3) is 9.14. The predicted octanol–water partition coefficient (Wildman–Crippen LogP) is 13.3. The van der Waals surface area contributed by atoms with Crippen molar-refractivity contribution in [2.75, 3.05) is 32.8 Å². The van der Waals surface area contributed by atoms with Crippen LogP contribution in [0.2, 0.25) is 0 Å². The van der Waals surface area contributed by atoms with Crippen LogP contribution in [0.5, 0.6) is 0 Å². The maximum Gasteiger partial charge on any atom is 0.0768 e. The lowest BCUT2D eigenvalue weighted by molar-refractivity contribution is -0.178. The molecule has 4 saturated heterocycles. The lowest BCUT2D eigenvalue weighted by Gasteiger charge is -2.49. The number of nitrogens with zero attached hydrogens (tertiary/aromatic N) is 2. The Labute approximate surface area is 433 Å². The van der Waals surface area contributed by atoms with Crippen molar-refractivity contribution in [1.82, 2.24) is 9.96 Å². The molecule has 8 aliphatic carbocycles. The fourth-order valence-corrected chi connectivity index (χ4v) is 19.8. The van der Waals surface area contributed by atoms with Gasteiger partial charge in [-0.3, -0.25) is 4.90 Å². The second-order valence-electron chi connectivity index (χ2n) is 27.1. The molecule has 8 heteroatoms. The Balaban J connectivity index is 0.000000173. The van der Waals surface area contributed by atoms with E-state index in [0.717, 1.165) is 114 Å². The van der Waals surface area contributed by atoms with Crippen LogP contribution in [-0.4, -0.2) is 106 Å². The summed E-state index contributed by atoms with van der Waals surface area (Å²) in [6, 6.07) is 0.697. The van der Waals surface area contributed by atoms with Crippen LogP contribution in [-0.2, 0) is 14.2 Å². The van der Waals surface area contributed by atoms with Crippen LogP contribution in [0.3, 0.4) is 0 Å². The van der Waals surface area contributed by atoms with E-state index in [0.29, 0.717) is 52.6 Å². The number of fused-ring (bicyclic) bond motifs is 12. The third-order valence-corrected chi connectivity index (χ3v) is 23.3. The van der Waals surface area contributed by atoms with E-state index in [1.807, 2.05) is 0 Å². The molecule has 0 aromatic carbocycles. The fourth-order valence-electron chi connectivity index (χ4n) is 19.8. The van der Waals surface area contributed by atoms with Crippen LogP contribution >= 0.6 is 0 Å². The van der Waals surface area contributed by atoms with Crippen LogP contribution in [0.1, 0.15) is 199 Å². The zero-order valence-corrected chi connectivity index (χ0v) is 44.8. The summed E-state index contributed by atoms with van der Waals surface area (Å²) in [6.45, 7) is 26.4. The van der Waals surface area contributed by atoms with E-state index in [4.69, 9.17) is 14.2 Å². The minimum atomic E-state index is -0.222. The van der Waals surface area contributed by atoms with Crippen molar-refractivity contribution in [2.24, 2.45) is 70.0 Å². The quantitative estimate of drug-likeness (QED) is 0.185. The molecule has 3 N–H and O–H groups in total. The van der Waals surface area contributed by atoms with Crippen molar-refractivity contribution >= 4 is 0 Å². The summed E-state index contributed by atoms with van der Waals surface area (Å²) in [4.78, 5) is 2.74. The Bertz CT molecular complexity index is 2060. The average molecular weight is 986 g/mol. The minimum Gasteiger partial charge on any atom is -0.393 e. The van der Waals surface area contributed by atoms with Crippen LogP contribution in [0.15, 0.2) is 45.6 Å². The first-order valence-corrected chi connectivity index (χ1v) is 29.2. The van der Waals surface area contributed by atoms with Gasteiger partial charge < -0.3 is 29.6 Å². The molecule has 12 aliphatic rings. The van der Waals surface area contributed by atoms with E-state index < -0.39 is 0 Å². The summed E-state index contributed by atoms with van der Waals surface area (Å²) in [5.41, 5.74) is 10.4. The summed E-state index contributed by atoms with van der Waals surface area (Å²) in [6.07, 6.45) is 26.8. The van der Waals surface area contributed by atoms with Crippen molar-refractivity contribution in [2.45, 2.75) is 247 Å². The second-order valence-corrected chi connectivity index (χ2v) is 27.1. The smallest absolute Gasteiger partial charge is 0.0768 e. The molecule has 4 heterocycles. The van der Waals surface area contributed by atoms with Crippen molar-refractivity contribution in [3.63, 3.8) is 0 Å². The molecule has 0 aromatic heterocycles. The van der Waals surface area contributed by atoms with E-state index in [2.05, 4.69) is 79.4 Å². The molecule has 0 bridgehead atoms. The lowest BCUT2D eigenvalue weighted by Crippen LogP contribution is -2.52. The number of hydroxylamine groups is 2. The molecular formula is C63H104N2O6. The molecule has 0 unspecified atom stereocenters. The number of aliphatic hydroxyl groups excluding tert-OH is 2. The van der Waals surface area contributed by atoms with Gasteiger partial charge in [0, 0.05) is 44.1 Å². The van der Waals surface area contributed by atoms with Gasteiger partial charge in [0.05, 0.1) is 48.3 Å². The molecule has 2 spiro atoms. The molecule has 0 aromatic rings. The van der Waals surface area contributed by atoms with Crippen LogP contribution in [0.4, 0.5) is 0 Å². The van der Waals surface area contributed by atoms with Gasteiger partial charge in [0.1, 0.15) is 0 Å². The summed E-state index contributed by atoms with van der Waals surface area (Å²) < 4.78 is 20.1. The van der Waals surface area contributed by atoms with Gasteiger partial charge in [-0.15, -0.1) is 0 Å². The first-order chi connectivity index (χ1) is 33.0. The topological polar surface area (TPSA) is 94.9 Å². The van der Waals surface area contributed by atoms with Gasteiger partial charge >= 0.3 is 0 Å².